The van der Waals surface area contributed by atoms with Crippen LogP contribution in [0.25, 0.3) is 0 Å². The molecule has 2 aromatic rings. The second-order valence-electron chi connectivity index (χ2n) is 6.04. The molecule has 1 N–H and O–H groups in total. The quantitative estimate of drug-likeness (QED) is 0.905. The summed E-state index contributed by atoms with van der Waals surface area (Å²) in [6.07, 6.45) is 2.03. The van der Waals surface area contributed by atoms with Crippen molar-refractivity contribution in [3.8, 4) is 0 Å². The summed E-state index contributed by atoms with van der Waals surface area (Å²) in [5, 5.41) is 0. The highest BCUT2D eigenvalue weighted by Crippen LogP contribution is 2.32. The summed E-state index contributed by atoms with van der Waals surface area (Å²) in [6, 6.07) is 14.0. The molecule has 1 fully saturated rings. The fourth-order valence-corrected chi connectivity index (χ4v) is 4.05. The predicted molar refractivity (Wildman–Crippen MR) is 94.6 cm³/mol. The molecule has 6 heteroatoms. The molecule has 0 saturated heterocycles. The number of carbonyl (C=O) groups excluding carboxylic acids is 1. The van der Waals surface area contributed by atoms with Crippen LogP contribution in [0.1, 0.15) is 25.3 Å². The number of amides is 1. The maximum absolute atomic E-state index is 12.5. The van der Waals surface area contributed by atoms with E-state index in [1.807, 2.05) is 0 Å². The molecule has 1 aliphatic rings. The van der Waals surface area contributed by atoms with E-state index in [0.29, 0.717) is 11.3 Å². The minimum Gasteiger partial charge on any atom is -0.310 e. The molecule has 0 aliphatic heterocycles. The zero-order valence-electron chi connectivity index (χ0n) is 13.7. The third-order valence-corrected chi connectivity index (χ3v) is 5.57. The number of benzene rings is 2. The molecule has 0 bridgehead atoms. The summed E-state index contributed by atoms with van der Waals surface area (Å²) >= 11 is 0. The number of hydrogen-bond acceptors (Lipinski definition) is 3. The van der Waals surface area contributed by atoms with Gasteiger partial charge in [0.1, 0.15) is 0 Å². The maximum Gasteiger partial charge on any atom is 0.262 e. The van der Waals surface area contributed by atoms with Crippen LogP contribution in [-0.2, 0) is 14.8 Å². The number of sulfonamides is 1. The van der Waals surface area contributed by atoms with Gasteiger partial charge >= 0.3 is 0 Å². The first-order chi connectivity index (χ1) is 11.4. The molecule has 24 heavy (non-hydrogen) atoms. The highest BCUT2D eigenvalue weighted by Gasteiger charge is 2.31. The molecular weight excluding hydrogens is 324 g/mol. The number of aryl methyl sites for hydroxylation is 1. The minimum atomic E-state index is -3.63. The van der Waals surface area contributed by atoms with E-state index in [1.165, 1.54) is 0 Å². The normalized spacial score (nSPS) is 14.2. The first kappa shape index (κ1) is 16.5. The maximum atomic E-state index is 12.5. The van der Waals surface area contributed by atoms with Gasteiger partial charge in [-0.2, -0.15) is 0 Å². The van der Waals surface area contributed by atoms with Crippen LogP contribution in [0.3, 0.4) is 0 Å². The molecule has 2 aromatic carbocycles. The smallest absolute Gasteiger partial charge is 0.262 e. The topological polar surface area (TPSA) is 66.5 Å². The van der Waals surface area contributed by atoms with Gasteiger partial charge in [0, 0.05) is 24.3 Å². The lowest BCUT2D eigenvalue weighted by Gasteiger charge is -2.21. The Morgan fingerprint density at radius 2 is 1.71 bits per heavy atom. The van der Waals surface area contributed by atoms with E-state index >= 15 is 0 Å². The molecule has 1 amide bonds. The summed E-state index contributed by atoms with van der Waals surface area (Å²) in [4.78, 5) is 13.8. The number of nitrogens with one attached hydrogen (secondary N) is 1. The van der Waals surface area contributed by atoms with E-state index in [2.05, 4.69) is 4.72 Å². The van der Waals surface area contributed by atoms with E-state index in [9.17, 15) is 13.2 Å². The zero-order chi connectivity index (χ0) is 17.3. The van der Waals surface area contributed by atoms with Gasteiger partial charge < -0.3 is 4.90 Å². The fraction of sp³-hybridized carbons (Fsp3) is 0.278. The summed E-state index contributed by atoms with van der Waals surface area (Å²) in [6.45, 7) is 3.31. The molecule has 3 rings (SSSR count). The fourth-order valence-electron chi connectivity index (χ4n) is 2.74. The summed E-state index contributed by atoms with van der Waals surface area (Å²) in [5.74, 6) is 0.00532. The van der Waals surface area contributed by atoms with Crippen molar-refractivity contribution < 1.29 is 13.2 Å². The summed E-state index contributed by atoms with van der Waals surface area (Å²) < 4.78 is 27.6. The monoisotopic (exact) mass is 344 g/mol. The van der Waals surface area contributed by atoms with Gasteiger partial charge in [-0.1, -0.05) is 18.2 Å². The van der Waals surface area contributed by atoms with E-state index < -0.39 is 10.0 Å². The molecule has 1 aliphatic carbocycles. The van der Waals surface area contributed by atoms with Crippen molar-refractivity contribution in [1.29, 1.82) is 0 Å². The van der Waals surface area contributed by atoms with Crippen molar-refractivity contribution in [2.75, 3.05) is 9.62 Å². The standard InChI is InChI=1S/C18H20N2O3S/c1-13-5-3-4-6-18(13)24(22,23)19-15-7-9-16(10-8-15)20(14(2)21)17-11-12-17/h3-10,17,19H,11-12H2,1-2H3. The highest BCUT2D eigenvalue weighted by atomic mass is 32.2. The number of anilines is 2. The molecule has 0 spiro atoms. The Morgan fingerprint density at radius 1 is 1.08 bits per heavy atom. The van der Waals surface area contributed by atoms with Crippen molar-refractivity contribution in [2.45, 2.75) is 37.6 Å². The van der Waals surface area contributed by atoms with Crippen LogP contribution < -0.4 is 9.62 Å². The molecule has 0 heterocycles. The van der Waals surface area contributed by atoms with E-state index in [-0.39, 0.29) is 16.8 Å². The van der Waals surface area contributed by atoms with Gasteiger partial charge in [-0.05, 0) is 55.7 Å². The number of nitrogens with zero attached hydrogens (tertiary/aromatic N) is 1. The van der Waals surface area contributed by atoms with Gasteiger partial charge in [-0.3, -0.25) is 9.52 Å². The number of carbonyl (C=O) groups is 1. The molecule has 5 nitrogen and oxygen atoms in total. The lowest BCUT2D eigenvalue weighted by molar-refractivity contribution is -0.116. The molecule has 1 saturated carbocycles. The van der Waals surface area contributed by atoms with Crippen molar-refractivity contribution in [3.63, 3.8) is 0 Å². The Bertz CT molecular complexity index is 856. The van der Waals surface area contributed by atoms with Crippen LogP contribution in [0.15, 0.2) is 53.4 Å². The summed E-state index contributed by atoms with van der Waals surface area (Å²) in [7, 11) is -3.63. The molecule has 0 unspecified atom stereocenters. The Morgan fingerprint density at radius 3 is 2.25 bits per heavy atom. The Balaban J connectivity index is 1.81. The van der Waals surface area contributed by atoms with Gasteiger partial charge in [0.15, 0.2) is 0 Å². The largest absolute Gasteiger partial charge is 0.310 e. The van der Waals surface area contributed by atoms with Crippen molar-refractivity contribution >= 4 is 27.3 Å². The van der Waals surface area contributed by atoms with E-state index in [4.69, 9.17) is 0 Å². The molecule has 0 atom stereocenters. The lowest BCUT2D eigenvalue weighted by Crippen LogP contribution is -2.30. The zero-order valence-corrected chi connectivity index (χ0v) is 14.5. The molecule has 0 aromatic heterocycles. The van der Waals surface area contributed by atoms with Gasteiger partial charge in [-0.15, -0.1) is 0 Å². The number of rotatable bonds is 5. The molecule has 126 valence electrons. The third kappa shape index (κ3) is 3.43. The van der Waals surface area contributed by atoms with Crippen LogP contribution in [0.5, 0.6) is 0 Å². The van der Waals surface area contributed by atoms with E-state index in [1.54, 1.807) is 67.3 Å². The second kappa shape index (κ2) is 6.28. The molecule has 0 radical (unpaired) electrons. The first-order valence-electron chi connectivity index (χ1n) is 7.87. The Labute approximate surface area is 142 Å². The average molecular weight is 344 g/mol. The predicted octanol–water partition coefficient (Wildman–Crippen LogP) is 3.31. The lowest BCUT2D eigenvalue weighted by atomic mass is 10.2. The number of hydrogen-bond donors (Lipinski definition) is 1. The van der Waals surface area contributed by atoms with Crippen LogP contribution in [0, 0.1) is 6.92 Å². The minimum absolute atomic E-state index is 0.00532. The van der Waals surface area contributed by atoms with Gasteiger partial charge in [0.05, 0.1) is 4.90 Å². The van der Waals surface area contributed by atoms with Gasteiger partial charge in [0.2, 0.25) is 5.91 Å². The third-order valence-electron chi connectivity index (χ3n) is 4.03. The highest BCUT2D eigenvalue weighted by molar-refractivity contribution is 7.92. The second-order valence-corrected chi connectivity index (χ2v) is 7.69. The van der Waals surface area contributed by atoms with E-state index in [0.717, 1.165) is 18.5 Å². The molecular formula is C18H20N2O3S. The Hall–Kier alpha value is -2.34. The van der Waals surface area contributed by atoms with Crippen molar-refractivity contribution in [1.82, 2.24) is 0 Å². The van der Waals surface area contributed by atoms with Crippen LogP contribution in [0.4, 0.5) is 11.4 Å². The SMILES string of the molecule is CC(=O)N(c1ccc(NS(=O)(=O)c2ccccc2C)cc1)C1CC1. The van der Waals surface area contributed by atoms with Crippen LogP contribution in [0.2, 0.25) is 0 Å². The first-order valence-corrected chi connectivity index (χ1v) is 9.35. The van der Waals surface area contributed by atoms with Crippen molar-refractivity contribution in [2.24, 2.45) is 0 Å². The van der Waals surface area contributed by atoms with Crippen LogP contribution >= 0.6 is 0 Å². The van der Waals surface area contributed by atoms with Gasteiger partial charge in [0.25, 0.3) is 10.0 Å². The summed E-state index contributed by atoms with van der Waals surface area (Å²) in [5.41, 5.74) is 1.96. The van der Waals surface area contributed by atoms with Crippen molar-refractivity contribution in [3.05, 3.63) is 54.1 Å². The average Bonchev–Trinajstić information content (AvgIpc) is 3.33. The Kier molecular flexibility index (Phi) is 4.32. The van der Waals surface area contributed by atoms with Gasteiger partial charge in [-0.25, -0.2) is 8.42 Å². The van der Waals surface area contributed by atoms with Crippen LogP contribution in [-0.4, -0.2) is 20.4 Å².